The molecule has 0 saturated carbocycles. The number of H-pyrrole nitrogens is 1. The summed E-state index contributed by atoms with van der Waals surface area (Å²) in [6, 6.07) is 11.8. The number of nitrogens with one attached hydrogen (secondary N) is 3. The van der Waals surface area contributed by atoms with Crippen LogP contribution in [-0.4, -0.2) is 48.0 Å². The molecule has 1 aliphatic rings. The zero-order chi connectivity index (χ0) is 23.5. The van der Waals surface area contributed by atoms with E-state index in [1.807, 2.05) is 41.1 Å². The molecular formula is C24H29N9O. The van der Waals surface area contributed by atoms with E-state index in [2.05, 4.69) is 50.6 Å². The fourth-order valence-corrected chi connectivity index (χ4v) is 4.39. The monoisotopic (exact) mass is 459 g/mol. The van der Waals surface area contributed by atoms with Gasteiger partial charge in [-0.25, -0.2) is 0 Å². The Morgan fingerprint density at radius 1 is 1.21 bits per heavy atom. The van der Waals surface area contributed by atoms with E-state index in [1.54, 1.807) is 6.07 Å². The quantitative estimate of drug-likeness (QED) is 0.366. The molecule has 1 unspecified atom stereocenters. The number of carbonyl (C=O) groups is 1. The molecule has 0 radical (unpaired) electrons. The van der Waals surface area contributed by atoms with Gasteiger partial charge in [0.1, 0.15) is 11.3 Å². The summed E-state index contributed by atoms with van der Waals surface area (Å²) in [6.45, 7) is 4.98. The van der Waals surface area contributed by atoms with E-state index >= 15 is 0 Å². The van der Waals surface area contributed by atoms with E-state index in [-0.39, 0.29) is 18.0 Å². The maximum atomic E-state index is 12.6. The van der Waals surface area contributed by atoms with Gasteiger partial charge in [-0.3, -0.25) is 19.3 Å². The third kappa shape index (κ3) is 4.30. The predicted molar refractivity (Wildman–Crippen MR) is 130 cm³/mol. The van der Waals surface area contributed by atoms with E-state index in [9.17, 15) is 4.79 Å². The van der Waals surface area contributed by atoms with Crippen molar-refractivity contribution in [2.45, 2.75) is 51.6 Å². The van der Waals surface area contributed by atoms with Crippen molar-refractivity contribution in [2.75, 3.05) is 16.8 Å². The van der Waals surface area contributed by atoms with Crippen LogP contribution in [0.4, 0.5) is 17.7 Å². The number of nitrogens with zero attached hydrogens (tertiary/aromatic N) is 6. The van der Waals surface area contributed by atoms with Crippen molar-refractivity contribution in [1.29, 1.82) is 0 Å². The van der Waals surface area contributed by atoms with Gasteiger partial charge in [-0.1, -0.05) is 19.9 Å². The van der Waals surface area contributed by atoms with Crippen LogP contribution in [0, 0.1) is 0 Å². The number of carbonyl (C=O) groups excluding carboxylic acids is 1. The number of rotatable bonds is 8. The molecular weight excluding hydrogens is 430 g/mol. The van der Waals surface area contributed by atoms with Crippen molar-refractivity contribution in [3.05, 3.63) is 60.2 Å². The molecule has 5 rings (SSSR count). The Kier molecular flexibility index (Phi) is 6.11. The van der Waals surface area contributed by atoms with Crippen LogP contribution in [0.2, 0.25) is 0 Å². The fourth-order valence-electron chi connectivity index (χ4n) is 4.39. The van der Waals surface area contributed by atoms with E-state index in [0.717, 1.165) is 43.6 Å². The standard InChI is InChI=1S/C24H29N9O/c1-3-16(4-2)26-22(34)18-15-20(31-30-18)27-23-29-24(28-21-11-8-14-33(21)23)32-13-7-10-19(32)17-9-5-6-12-25-17/h5-6,8-9,11-12,14-16,19H,3-4,7,10,13H2,1-2H3,(H,26,34)(H2,27,28,29,30,31). The number of aromatic amines is 1. The van der Waals surface area contributed by atoms with Crippen LogP contribution in [-0.2, 0) is 0 Å². The minimum absolute atomic E-state index is 0.136. The van der Waals surface area contributed by atoms with Crippen LogP contribution in [0.15, 0.2) is 48.8 Å². The van der Waals surface area contributed by atoms with E-state index < -0.39 is 0 Å². The molecule has 0 spiro atoms. The van der Waals surface area contributed by atoms with Gasteiger partial charge in [-0.05, 0) is 49.9 Å². The van der Waals surface area contributed by atoms with E-state index in [4.69, 9.17) is 9.97 Å². The fraction of sp³-hybridized carbons (Fsp3) is 0.375. The molecule has 1 atom stereocenters. The molecule has 0 aromatic carbocycles. The van der Waals surface area contributed by atoms with Gasteiger partial charge in [0.05, 0.1) is 11.7 Å². The van der Waals surface area contributed by atoms with Crippen LogP contribution in [0.3, 0.4) is 0 Å². The van der Waals surface area contributed by atoms with Gasteiger partial charge in [-0.2, -0.15) is 15.1 Å². The second-order valence-corrected chi connectivity index (χ2v) is 8.47. The second kappa shape index (κ2) is 9.50. The molecule has 10 heteroatoms. The van der Waals surface area contributed by atoms with Crippen molar-refractivity contribution < 1.29 is 4.79 Å². The Morgan fingerprint density at radius 3 is 2.88 bits per heavy atom. The Balaban J connectivity index is 1.41. The highest BCUT2D eigenvalue weighted by Gasteiger charge is 2.30. The first-order chi connectivity index (χ1) is 16.7. The number of amides is 1. The lowest BCUT2D eigenvalue weighted by molar-refractivity contribution is 0.0929. The van der Waals surface area contributed by atoms with Crippen molar-refractivity contribution in [3.63, 3.8) is 0 Å². The molecule has 1 fully saturated rings. The summed E-state index contributed by atoms with van der Waals surface area (Å²) >= 11 is 0. The smallest absolute Gasteiger partial charge is 0.269 e. The first-order valence-electron chi connectivity index (χ1n) is 11.8. The number of pyridine rings is 1. The van der Waals surface area contributed by atoms with Gasteiger partial charge in [0, 0.05) is 31.0 Å². The molecule has 0 bridgehead atoms. The van der Waals surface area contributed by atoms with Crippen molar-refractivity contribution in [3.8, 4) is 0 Å². The van der Waals surface area contributed by atoms with Crippen LogP contribution in [0.1, 0.15) is 61.8 Å². The van der Waals surface area contributed by atoms with Gasteiger partial charge in [0.25, 0.3) is 5.91 Å². The topological polar surface area (TPSA) is 116 Å². The summed E-state index contributed by atoms with van der Waals surface area (Å²) in [5.74, 6) is 1.57. The molecule has 3 N–H and O–H groups in total. The molecule has 5 heterocycles. The zero-order valence-electron chi connectivity index (χ0n) is 19.4. The van der Waals surface area contributed by atoms with Crippen LogP contribution >= 0.6 is 0 Å². The lowest BCUT2D eigenvalue weighted by atomic mass is 10.1. The van der Waals surface area contributed by atoms with Crippen LogP contribution in [0.25, 0.3) is 5.65 Å². The maximum absolute atomic E-state index is 12.6. The number of hydrogen-bond acceptors (Lipinski definition) is 7. The highest BCUT2D eigenvalue weighted by Crippen LogP contribution is 2.34. The maximum Gasteiger partial charge on any atom is 0.269 e. The molecule has 34 heavy (non-hydrogen) atoms. The van der Waals surface area contributed by atoms with E-state index in [0.29, 0.717) is 23.4 Å². The lowest BCUT2D eigenvalue weighted by Crippen LogP contribution is -2.34. The summed E-state index contributed by atoms with van der Waals surface area (Å²) in [4.78, 5) is 29.0. The molecule has 1 aliphatic heterocycles. The van der Waals surface area contributed by atoms with Gasteiger partial charge in [0.15, 0.2) is 5.82 Å². The largest absolute Gasteiger partial charge is 0.348 e. The molecule has 0 aliphatic carbocycles. The van der Waals surface area contributed by atoms with Crippen LogP contribution < -0.4 is 15.5 Å². The highest BCUT2D eigenvalue weighted by atomic mass is 16.2. The minimum Gasteiger partial charge on any atom is -0.348 e. The summed E-state index contributed by atoms with van der Waals surface area (Å²) in [6.07, 6.45) is 7.54. The lowest BCUT2D eigenvalue weighted by Gasteiger charge is -2.24. The number of hydrogen-bond donors (Lipinski definition) is 3. The molecule has 4 aromatic heterocycles. The third-order valence-corrected chi connectivity index (χ3v) is 6.30. The molecule has 1 saturated heterocycles. The van der Waals surface area contributed by atoms with Gasteiger partial charge in [-0.15, -0.1) is 0 Å². The Morgan fingerprint density at radius 2 is 2.09 bits per heavy atom. The Labute approximate surface area is 197 Å². The minimum atomic E-state index is -0.168. The SMILES string of the molecule is CCC(CC)NC(=O)c1cc(Nc2nc(N3CCCC3c3ccccn3)nc3cccn23)n[nH]1. The summed E-state index contributed by atoms with van der Waals surface area (Å²) in [5, 5.41) is 13.4. The number of anilines is 3. The average Bonchev–Trinajstić information content (AvgIpc) is 3.63. The van der Waals surface area contributed by atoms with Crippen molar-refractivity contribution in [1.82, 2.24) is 34.9 Å². The summed E-state index contributed by atoms with van der Waals surface area (Å²) in [5.41, 5.74) is 2.21. The first-order valence-corrected chi connectivity index (χ1v) is 11.8. The predicted octanol–water partition coefficient (Wildman–Crippen LogP) is 3.85. The van der Waals surface area contributed by atoms with Gasteiger partial charge in [0.2, 0.25) is 11.9 Å². The molecule has 1 amide bonds. The second-order valence-electron chi connectivity index (χ2n) is 8.47. The third-order valence-electron chi connectivity index (χ3n) is 6.30. The number of aromatic nitrogens is 6. The summed E-state index contributed by atoms with van der Waals surface area (Å²) < 4.78 is 1.87. The molecule has 10 nitrogen and oxygen atoms in total. The summed E-state index contributed by atoms with van der Waals surface area (Å²) in [7, 11) is 0. The normalized spacial score (nSPS) is 15.9. The first kappa shape index (κ1) is 21.9. The molecule has 4 aromatic rings. The zero-order valence-corrected chi connectivity index (χ0v) is 19.4. The van der Waals surface area contributed by atoms with Gasteiger partial charge < -0.3 is 15.5 Å². The Bertz CT molecular complexity index is 1260. The average molecular weight is 460 g/mol. The highest BCUT2D eigenvalue weighted by molar-refractivity contribution is 5.93. The van der Waals surface area contributed by atoms with Gasteiger partial charge >= 0.3 is 0 Å². The Hall–Kier alpha value is -3.95. The van der Waals surface area contributed by atoms with Crippen molar-refractivity contribution in [2.24, 2.45) is 0 Å². The van der Waals surface area contributed by atoms with Crippen LogP contribution in [0.5, 0.6) is 0 Å². The van der Waals surface area contributed by atoms with Crippen molar-refractivity contribution >= 4 is 29.3 Å². The number of fused-ring (bicyclic) bond motifs is 1. The molecule has 176 valence electrons. The van der Waals surface area contributed by atoms with E-state index in [1.165, 1.54) is 0 Å².